The Labute approximate surface area is 130 Å². The lowest BCUT2D eigenvalue weighted by Gasteiger charge is -2.25. The molecule has 2 aliphatic carbocycles. The zero-order valence-corrected chi connectivity index (χ0v) is 12.5. The fourth-order valence-corrected chi connectivity index (χ4v) is 3.73. The maximum Gasteiger partial charge on any atom is 0.251 e. The number of carbonyl (C=O) groups is 2. The van der Waals surface area contributed by atoms with Crippen LogP contribution in [0.5, 0.6) is 0 Å². The maximum absolute atomic E-state index is 12.3. The molecule has 2 fully saturated rings. The van der Waals surface area contributed by atoms with E-state index in [0.29, 0.717) is 11.5 Å². The Kier molecular flexibility index (Phi) is 4.43. The minimum atomic E-state index is -0.896. The van der Waals surface area contributed by atoms with Gasteiger partial charge in [0.25, 0.3) is 5.91 Å². The summed E-state index contributed by atoms with van der Waals surface area (Å²) in [5.41, 5.74) is 0.480. The van der Waals surface area contributed by atoms with E-state index in [1.54, 1.807) is 24.3 Å². The van der Waals surface area contributed by atoms with Crippen molar-refractivity contribution in [2.45, 2.75) is 37.8 Å². The van der Waals surface area contributed by atoms with Crippen molar-refractivity contribution in [1.29, 1.82) is 0 Å². The fourth-order valence-electron chi connectivity index (χ4n) is 3.73. The Morgan fingerprint density at radius 3 is 2.55 bits per heavy atom. The van der Waals surface area contributed by atoms with Gasteiger partial charge in [0.15, 0.2) is 0 Å². The van der Waals surface area contributed by atoms with E-state index in [4.69, 9.17) is 0 Å². The van der Waals surface area contributed by atoms with Gasteiger partial charge in [-0.15, -0.1) is 0 Å². The molecule has 0 saturated heterocycles. The summed E-state index contributed by atoms with van der Waals surface area (Å²) in [6.45, 7) is -0.398. The quantitative estimate of drug-likeness (QED) is 0.761. The number of nitrogens with one attached hydrogen (secondary N) is 2. The Hall–Kier alpha value is -1.88. The van der Waals surface area contributed by atoms with Gasteiger partial charge >= 0.3 is 0 Å². The van der Waals surface area contributed by atoms with Crippen LogP contribution in [0.2, 0.25) is 0 Å². The van der Waals surface area contributed by atoms with Crippen LogP contribution in [-0.2, 0) is 4.79 Å². The van der Waals surface area contributed by atoms with Crippen molar-refractivity contribution < 1.29 is 14.7 Å². The molecule has 22 heavy (non-hydrogen) atoms. The third-order valence-corrected chi connectivity index (χ3v) is 4.91. The molecule has 0 radical (unpaired) electrons. The second-order valence-corrected chi connectivity index (χ2v) is 6.36. The number of aliphatic hydroxyl groups is 1. The lowest BCUT2D eigenvalue weighted by Crippen LogP contribution is -2.52. The second-order valence-electron chi connectivity index (χ2n) is 6.36. The Morgan fingerprint density at radius 1 is 1.18 bits per heavy atom. The summed E-state index contributed by atoms with van der Waals surface area (Å²) in [5, 5.41) is 15.0. The predicted octanol–water partition coefficient (Wildman–Crippen LogP) is 1.08. The van der Waals surface area contributed by atoms with Crippen molar-refractivity contribution in [2.75, 3.05) is 6.61 Å². The first-order valence-corrected chi connectivity index (χ1v) is 7.94. The van der Waals surface area contributed by atoms with Crippen LogP contribution in [0.1, 0.15) is 36.0 Å². The molecule has 0 heterocycles. The van der Waals surface area contributed by atoms with Crippen LogP contribution in [0.4, 0.5) is 0 Å². The zero-order valence-electron chi connectivity index (χ0n) is 12.5. The fraction of sp³-hybridized carbons (Fsp3) is 0.529. The molecular formula is C17H22N2O3. The SMILES string of the molecule is O=C(NC(CO)C(=O)NC1CC2CCC1C2)c1ccccc1. The Morgan fingerprint density at radius 2 is 1.95 bits per heavy atom. The van der Waals surface area contributed by atoms with Crippen molar-refractivity contribution >= 4 is 11.8 Å². The smallest absolute Gasteiger partial charge is 0.251 e. The number of amides is 2. The topological polar surface area (TPSA) is 78.4 Å². The van der Waals surface area contributed by atoms with Gasteiger partial charge in [0.05, 0.1) is 6.61 Å². The third kappa shape index (κ3) is 3.14. The van der Waals surface area contributed by atoms with Crippen molar-refractivity contribution in [1.82, 2.24) is 10.6 Å². The molecule has 2 bridgehead atoms. The van der Waals surface area contributed by atoms with Gasteiger partial charge in [-0.1, -0.05) is 24.6 Å². The summed E-state index contributed by atoms with van der Waals surface area (Å²) >= 11 is 0. The van der Waals surface area contributed by atoms with E-state index < -0.39 is 12.6 Å². The zero-order chi connectivity index (χ0) is 15.5. The Balaban J connectivity index is 1.56. The minimum absolute atomic E-state index is 0.203. The van der Waals surface area contributed by atoms with E-state index in [1.807, 2.05) is 6.07 Å². The van der Waals surface area contributed by atoms with E-state index in [0.717, 1.165) is 12.3 Å². The highest BCUT2D eigenvalue weighted by molar-refractivity contribution is 5.97. The first-order chi connectivity index (χ1) is 10.7. The van der Waals surface area contributed by atoms with Gasteiger partial charge in [-0.2, -0.15) is 0 Å². The summed E-state index contributed by atoms with van der Waals surface area (Å²) in [5.74, 6) is 0.673. The van der Waals surface area contributed by atoms with Gasteiger partial charge in [0, 0.05) is 11.6 Å². The molecule has 2 aliphatic rings. The molecule has 4 unspecified atom stereocenters. The molecule has 3 N–H and O–H groups in total. The monoisotopic (exact) mass is 302 g/mol. The molecule has 1 aromatic rings. The predicted molar refractivity (Wildman–Crippen MR) is 82.2 cm³/mol. The molecule has 0 aromatic heterocycles. The Bertz CT molecular complexity index is 546. The van der Waals surface area contributed by atoms with E-state index >= 15 is 0 Å². The van der Waals surface area contributed by atoms with E-state index in [-0.39, 0.29) is 17.9 Å². The minimum Gasteiger partial charge on any atom is -0.394 e. The van der Waals surface area contributed by atoms with Gasteiger partial charge in [0.1, 0.15) is 6.04 Å². The van der Waals surface area contributed by atoms with Crippen molar-refractivity contribution in [3.8, 4) is 0 Å². The maximum atomic E-state index is 12.3. The lowest BCUT2D eigenvalue weighted by molar-refractivity contribution is -0.124. The van der Waals surface area contributed by atoms with Crippen molar-refractivity contribution in [3.05, 3.63) is 35.9 Å². The lowest BCUT2D eigenvalue weighted by atomic mass is 9.95. The number of hydrogen-bond donors (Lipinski definition) is 3. The molecule has 3 rings (SSSR count). The van der Waals surface area contributed by atoms with Crippen molar-refractivity contribution in [2.24, 2.45) is 11.8 Å². The molecule has 4 atom stereocenters. The standard InChI is InChI=1S/C17H22N2O3/c20-10-15(19-16(21)12-4-2-1-3-5-12)17(22)18-14-9-11-6-7-13(14)8-11/h1-5,11,13-15,20H,6-10H2,(H,18,22)(H,19,21). The van der Waals surface area contributed by atoms with Gasteiger partial charge in [-0.05, 0) is 43.2 Å². The molecule has 118 valence electrons. The summed E-state index contributed by atoms with van der Waals surface area (Å²) in [4.78, 5) is 24.4. The van der Waals surface area contributed by atoms with Crippen LogP contribution >= 0.6 is 0 Å². The first-order valence-electron chi connectivity index (χ1n) is 7.94. The number of carbonyl (C=O) groups excluding carboxylic acids is 2. The average Bonchev–Trinajstić information content (AvgIpc) is 3.15. The number of benzene rings is 1. The van der Waals surface area contributed by atoms with Crippen LogP contribution in [0, 0.1) is 11.8 Å². The highest BCUT2D eigenvalue weighted by Crippen LogP contribution is 2.44. The summed E-state index contributed by atoms with van der Waals surface area (Å²) in [6, 6.07) is 8.01. The van der Waals surface area contributed by atoms with Crippen LogP contribution in [0.15, 0.2) is 30.3 Å². The number of aliphatic hydroxyl groups excluding tert-OH is 1. The normalized spacial score (nSPS) is 27.4. The summed E-state index contributed by atoms with van der Waals surface area (Å²) in [6.07, 6.45) is 4.67. The van der Waals surface area contributed by atoms with Crippen LogP contribution < -0.4 is 10.6 Å². The van der Waals surface area contributed by atoms with Crippen LogP contribution in [0.3, 0.4) is 0 Å². The molecule has 0 aliphatic heterocycles. The summed E-state index contributed by atoms with van der Waals surface area (Å²) in [7, 11) is 0. The molecule has 5 nitrogen and oxygen atoms in total. The van der Waals surface area contributed by atoms with E-state index in [9.17, 15) is 14.7 Å². The van der Waals surface area contributed by atoms with Crippen LogP contribution in [-0.4, -0.2) is 35.6 Å². The largest absolute Gasteiger partial charge is 0.394 e. The third-order valence-electron chi connectivity index (χ3n) is 4.91. The second kappa shape index (κ2) is 6.48. The number of hydrogen-bond acceptors (Lipinski definition) is 3. The molecule has 0 spiro atoms. The highest BCUT2D eigenvalue weighted by Gasteiger charge is 2.40. The number of rotatable bonds is 5. The number of fused-ring (bicyclic) bond motifs is 2. The van der Waals surface area contributed by atoms with Crippen molar-refractivity contribution in [3.63, 3.8) is 0 Å². The van der Waals surface area contributed by atoms with Gasteiger partial charge in [0.2, 0.25) is 5.91 Å². The first kappa shape index (κ1) is 15.0. The van der Waals surface area contributed by atoms with E-state index in [1.165, 1.54) is 19.3 Å². The van der Waals surface area contributed by atoms with E-state index in [2.05, 4.69) is 10.6 Å². The van der Waals surface area contributed by atoms with Crippen LogP contribution in [0.25, 0.3) is 0 Å². The average molecular weight is 302 g/mol. The van der Waals surface area contributed by atoms with Gasteiger partial charge in [-0.3, -0.25) is 9.59 Å². The molecule has 2 saturated carbocycles. The van der Waals surface area contributed by atoms with Gasteiger partial charge in [-0.25, -0.2) is 0 Å². The molecule has 1 aromatic carbocycles. The summed E-state index contributed by atoms with van der Waals surface area (Å²) < 4.78 is 0. The van der Waals surface area contributed by atoms with Gasteiger partial charge < -0.3 is 15.7 Å². The highest BCUT2D eigenvalue weighted by atomic mass is 16.3. The molecular weight excluding hydrogens is 280 g/mol. The molecule has 2 amide bonds. The molecule has 5 heteroatoms.